The van der Waals surface area contributed by atoms with Crippen molar-refractivity contribution in [2.45, 2.75) is 146 Å². The van der Waals surface area contributed by atoms with Gasteiger partial charge in [-0.2, -0.15) is 0 Å². The number of unbranched alkanes of at least 4 members (excludes halogenated alkanes) is 1. The molecular weight excluding hydrogens is 576 g/mol. The number of carbonyl (C=O) groups excluding carboxylic acids is 1. The Morgan fingerprint density at radius 2 is 1.77 bits per heavy atom. The van der Waals surface area contributed by atoms with Crippen LogP contribution in [0.2, 0.25) is 0 Å². The first-order chi connectivity index (χ1) is 19.5. The highest BCUT2D eigenvalue weighted by molar-refractivity contribution is 9.09. The number of alkyl halides is 1. The van der Waals surface area contributed by atoms with Crippen molar-refractivity contribution < 1.29 is 33.2 Å². The van der Waals surface area contributed by atoms with Gasteiger partial charge in [-0.25, -0.2) is 0 Å². The first-order valence-corrected chi connectivity index (χ1v) is 17.0. The van der Waals surface area contributed by atoms with Crippen LogP contribution in [0.4, 0.5) is 0 Å². The molecule has 3 heterocycles. The van der Waals surface area contributed by atoms with Crippen LogP contribution in [-0.4, -0.2) is 68.1 Å². The van der Waals surface area contributed by atoms with E-state index in [0.717, 1.165) is 77.4 Å². The molecule has 8 heteroatoms. The lowest BCUT2D eigenvalue weighted by atomic mass is 9.88. The highest BCUT2D eigenvalue weighted by Gasteiger charge is 2.51. The molecule has 3 aliphatic heterocycles. The molecular formula is C32H53BrO7. The highest BCUT2D eigenvalue weighted by atomic mass is 79.9. The SMILES string of the molecule is CCCC[C@H](C)[C@@H](C=C[C@@H]1[C@H]2CC(C(Br)CCCC(=O)OC)O[C@@H]2C[C@H]1OC1CCCCO1)OC1CCCCO1. The molecule has 3 saturated heterocycles. The van der Waals surface area contributed by atoms with Gasteiger partial charge < -0.3 is 28.4 Å². The van der Waals surface area contributed by atoms with Gasteiger partial charge in [0.1, 0.15) is 0 Å². The largest absolute Gasteiger partial charge is 0.469 e. The average molecular weight is 630 g/mol. The van der Waals surface area contributed by atoms with Crippen LogP contribution < -0.4 is 0 Å². The third-order valence-electron chi connectivity index (χ3n) is 9.22. The third kappa shape index (κ3) is 9.50. The van der Waals surface area contributed by atoms with Crippen LogP contribution in [0.3, 0.4) is 0 Å². The Kier molecular flexibility index (Phi) is 13.7. The average Bonchev–Trinajstić information content (AvgIpc) is 3.53. The van der Waals surface area contributed by atoms with Crippen molar-refractivity contribution in [2.24, 2.45) is 17.8 Å². The van der Waals surface area contributed by atoms with Gasteiger partial charge in [0.05, 0.1) is 31.5 Å². The first kappa shape index (κ1) is 32.4. The minimum atomic E-state index is -0.150. The molecule has 0 aromatic carbocycles. The molecule has 7 nitrogen and oxygen atoms in total. The van der Waals surface area contributed by atoms with E-state index in [-0.39, 0.29) is 53.7 Å². The summed E-state index contributed by atoms with van der Waals surface area (Å²) in [6, 6.07) is 0. The van der Waals surface area contributed by atoms with Crippen molar-refractivity contribution in [3.8, 4) is 0 Å². The summed E-state index contributed by atoms with van der Waals surface area (Å²) in [7, 11) is 1.45. The molecule has 4 rings (SSSR count). The molecule has 10 atom stereocenters. The van der Waals surface area contributed by atoms with Crippen LogP contribution in [-0.2, 0) is 33.2 Å². The van der Waals surface area contributed by atoms with Gasteiger partial charge >= 0.3 is 5.97 Å². The molecule has 0 radical (unpaired) electrons. The van der Waals surface area contributed by atoms with Gasteiger partial charge in [0.15, 0.2) is 12.6 Å². The third-order valence-corrected chi connectivity index (χ3v) is 10.3. The summed E-state index contributed by atoms with van der Waals surface area (Å²) < 4.78 is 36.6. The predicted molar refractivity (Wildman–Crippen MR) is 158 cm³/mol. The molecule has 230 valence electrons. The summed E-state index contributed by atoms with van der Waals surface area (Å²) in [5, 5.41) is 0. The maximum absolute atomic E-state index is 11.6. The topological polar surface area (TPSA) is 72.5 Å². The fourth-order valence-corrected chi connectivity index (χ4v) is 7.44. The van der Waals surface area contributed by atoms with E-state index >= 15 is 0 Å². The Bertz CT molecular complexity index is 766. The molecule has 0 aromatic rings. The summed E-state index contributed by atoms with van der Waals surface area (Å²) in [6.45, 7) is 6.14. The summed E-state index contributed by atoms with van der Waals surface area (Å²) >= 11 is 3.88. The zero-order valence-corrected chi connectivity index (χ0v) is 26.6. The number of esters is 1. The Hall–Kier alpha value is -0.510. The molecule has 0 aromatic heterocycles. The van der Waals surface area contributed by atoms with E-state index < -0.39 is 0 Å². The zero-order chi connectivity index (χ0) is 28.3. The van der Waals surface area contributed by atoms with Crippen LogP contribution in [0.1, 0.15) is 104 Å². The van der Waals surface area contributed by atoms with Crippen LogP contribution >= 0.6 is 15.9 Å². The van der Waals surface area contributed by atoms with E-state index in [9.17, 15) is 4.79 Å². The molecule has 4 fully saturated rings. The van der Waals surface area contributed by atoms with Gasteiger partial charge in [0.25, 0.3) is 0 Å². The Morgan fingerprint density at radius 1 is 1.02 bits per heavy atom. The fourth-order valence-electron chi connectivity index (χ4n) is 6.78. The number of fused-ring (bicyclic) bond motifs is 1. The number of methoxy groups -OCH3 is 1. The zero-order valence-electron chi connectivity index (χ0n) is 25.0. The number of hydrogen-bond acceptors (Lipinski definition) is 7. The molecule has 40 heavy (non-hydrogen) atoms. The maximum Gasteiger partial charge on any atom is 0.305 e. The van der Waals surface area contributed by atoms with Crippen molar-refractivity contribution in [1.82, 2.24) is 0 Å². The molecule has 4 unspecified atom stereocenters. The van der Waals surface area contributed by atoms with Crippen LogP contribution in [0.25, 0.3) is 0 Å². The van der Waals surface area contributed by atoms with Gasteiger partial charge in [-0.05, 0) is 76.0 Å². The van der Waals surface area contributed by atoms with Crippen molar-refractivity contribution in [3.05, 3.63) is 12.2 Å². The summed E-state index contributed by atoms with van der Waals surface area (Å²) in [4.78, 5) is 11.8. The molecule has 4 aliphatic rings. The molecule has 0 N–H and O–H groups in total. The van der Waals surface area contributed by atoms with E-state index in [1.165, 1.54) is 26.4 Å². The molecule has 1 saturated carbocycles. The predicted octanol–water partition coefficient (Wildman–Crippen LogP) is 7.09. The van der Waals surface area contributed by atoms with Crippen molar-refractivity contribution in [2.75, 3.05) is 20.3 Å². The maximum atomic E-state index is 11.6. The number of ether oxygens (including phenoxy) is 6. The summed E-state index contributed by atoms with van der Waals surface area (Å²) in [6.07, 6.45) is 19.0. The van der Waals surface area contributed by atoms with E-state index in [1.54, 1.807) is 0 Å². The molecule has 0 amide bonds. The number of carbonyl (C=O) groups is 1. The van der Waals surface area contributed by atoms with Crippen molar-refractivity contribution >= 4 is 21.9 Å². The lowest BCUT2D eigenvalue weighted by Crippen LogP contribution is -2.33. The van der Waals surface area contributed by atoms with E-state index in [2.05, 4.69) is 41.9 Å². The Labute approximate surface area is 250 Å². The number of hydrogen-bond donors (Lipinski definition) is 0. The van der Waals surface area contributed by atoms with Crippen LogP contribution in [0, 0.1) is 17.8 Å². The normalized spacial score (nSPS) is 35.0. The quantitative estimate of drug-likeness (QED) is 0.109. The van der Waals surface area contributed by atoms with E-state index in [4.69, 9.17) is 28.4 Å². The van der Waals surface area contributed by atoms with Crippen molar-refractivity contribution in [1.29, 1.82) is 0 Å². The lowest BCUT2D eigenvalue weighted by molar-refractivity contribution is -0.194. The number of halogens is 1. The second kappa shape index (κ2) is 17.0. The number of rotatable bonds is 15. The van der Waals surface area contributed by atoms with Crippen LogP contribution in [0.5, 0.6) is 0 Å². The standard InChI is InChI=1S/C32H53BrO7/c1-4-5-11-22(2)26(39-31-14-6-8-18-36-31)17-16-23-24-20-29(25(33)12-10-13-30(34)35-3)38-28(24)21-27(23)40-32-15-7-9-19-37-32/h16-17,22-29,31-32H,4-15,18-21H2,1-3H3/t22-,23+,24+,25?,26+,27+,28+,29?,31?,32?/m0/s1. The monoisotopic (exact) mass is 628 g/mol. The minimum Gasteiger partial charge on any atom is -0.469 e. The second-order valence-corrected chi connectivity index (χ2v) is 13.5. The van der Waals surface area contributed by atoms with E-state index in [1.807, 2.05) is 0 Å². The van der Waals surface area contributed by atoms with Gasteiger partial charge in [-0.1, -0.05) is 54.8 Å². The highest BCUT2D eigenvalue weighted by Crippen LogP contribution is 2.48. The van der Waals surface area contributed by atoms with Crippen LogP contribution in [0.15, 0.2) is 12.2 Å². The van der Waals surface area contributed by atoms with Gasteiger partial charge in [-0.15, -0.1) is 0 Å². The summed E-state index contributed by atoms with van der Waals surface area (Å²) in [5.41, 5.74) is 0. The summed E-state index contributed by atoms with van der Waals surface area (Å²) in [5.74, 6) is 0.928. The molecule has 0 bridgehead atoms. The Balaban J connectivity index is 1.43. The first-order valence-electron chi connectivity index (χ1n) is 16.1. The Morgan fingerprint density at radius 3 is 2.45 bits per heavy atom. The van der Waals surface area contributed by atoms with Gasteiger partial charge in [0, 0.05) is 36.8 Å². The second-order valence-electron chi connectivity index (χ2n) is 12.3. The molecule has 0 spiro atoms. The fraction of sp³-hybridized carbons (Fsp3) is 0.906. The van der Waals surface area contributed by atoms with E-state index in [0.29, 0.717) is 18.3 Å². The smallest absolute Gasteiger partial charge is 0.305 e. The van der Waals surface area contributed by atoms with Gasteiger partial charge in [-0.3, -0.25) is 4.79 Å². The van der Waals surface area contributed by atoms with Gasteiger partial charge in [0.2, 0.25) is 0 Å². The van der Waals surface area contributed by atoms with Crippen molar-refractivity contribution in [3.63, 3.8) is 0 Å². The lowest BCUT2D eigenvalue weighted by Gasteiger charge is -2.31. The minimum absolute atomic E-state index is 0.0284. The molecule has 1 aliphatic carbocycles.